The van der Waals surface area contributed by atoms with Gasteiger partial charge in [-0.15, -0.1) is 11.3 Å². The Morgan fingerprint density at radius 3 is 2.49 bits per heavy atom. The third-order valence-corrected chi connectivity index (χ3v) is 8.33. The van der Waals surface area contributed by atoms with Crippen LogP contribution in [0, 0.1) is 5.92 Å². The van der Waals surface area contributed by atoms with Gasteiger partial charge in [-0.05, 0) is 13.8 Å². The van der Waals surface area contributed by atoms with Crippen LogP contribution in [0.2, 0.25) is 0 Å². The highest BCUT2D eigenvalue weighted by Gasteiger charge is 2.54. The van der Waals surface area contributed by atoms with Crippen LogP contribution in [0.25, 0.3) is 0 Å². The Morgan fingerprint density at radius 1 is 1.27 bits per heavy atom. The summed E-state index contributed by atoms with van der Waals surface area (Å²) in [5, 5.41) is 28.1. The minimum atomic E-state index is -5.12. The van der Waals surface area contributed by atoms with Gasteiger partial charge in [-0.3, -0.25) is 28.5 Å². The summed E-state index contributed by atoms with van der Waals surface area (Å²) in [5.41, 5.74) is 2.07. The number of hydrogen-bond donors (Lipinski definition) is 7. The third-order valence-electron chi connectivity index (χ3n) is 6.71. The lowest BCUT2D eigenvalue weighted by Gasteiger charge is -2.44. The second-order valence-electron chi connectivity index (χ2n) is 10.3. The number of carbonyl (C=O) groups is 5. The number of H-pyrrole nitrogens is 1. The van der Waals surface area contributed by atoms with Gasteiger partial charge in [-0.25, -0.2) is 14.1 Å². The van der Waals surface area contributed by atoms with E-state index in [0.29, 0.717) is 0 Å². The number of aliphatic carboxylic acids is 1. The highest BCUT2D eigenvalue weighted by molar-refractivity contribution is 7.84. The van der Waals surface area contributed by atoms with Gasteiger partial charge in [0.15, 0.2) is 16.6 Å². The molecule has 2 saturated heterocycles. The van der Waals surface area contributed by atoms with Gasteiger partial charge in [-0.1, -0.05) is 5.16 Å². The van der Waals surface area contributed by atoms with Crippen LogP contribution in [-0.4, -0.2) is 115 Å². The minimum absolute atomic E-state index is 0.00784. The number of anilines is 1. The number of aromatic nitrogens is 2. The van der Waals surface area contributed by atoms with Gasteiger partial charge in [0.2, 0.25) is 16.9 Å². The fourth-order valence-electron chi connectivity index (χ4n) is 4.09. The van der Waals surface area contributed by atoms with Crippen LogP contribution in [0.5, 0.6) is 5.75 Å². The number of thiazole rings is 1. The lowest BCUT2D eigenvalue weighted by atomic mass is 9.96. The molecule has 4 rings (SSSR count). The Morgan fingerprint density at radius 2 is 1.93 bits per heavy atom. The van der Waals surface area contributed by atoms with E-state index in [2.05, 4.69) is 25.8 Å². The number of nitrogens with one attached hydrogen (secondary N) is 3. The summed E-state index contributed by atoms with van der Waals surface area (Å²) in [6, 6.07) is -2.21. The average Bonchev–Trinajstić information content (AvgIpc) is 3.34. The summed E-state index contributed by atoms with van der Waals surface area (Å²) in [6.07, 6.45) is 0.945. The van der Waals surface area contributed by atoms with Crippen molar-refractivity contribution >= 4 is 62.1 Å². The van der Waals surface area contributed by atoms with E-state index in [1.807, 2.05) is 0 Å². The number of nitrogens with zero attached hydrogens (tertiary/aromatic N) is 4. The number of β-lactam (4-membered cyclic amide) rings is 1. The molecule has 2 aliphatic rings. The molecule has 20 nitrogen and oxygen atoms in total. The molecule has 2 aromatic rings. The van der Waals surface area contributed by atoms with Gasteiger partial charge in [-0.2, -0.15) is 8.42 Å². The molecule has 2 aromatic heterocycles. The number of nitrogens with two attached hydrogens (primary N) is 1. The fourth-order valence-corrected chi connectivity index (χ4v) is 5.52. The Bertz CT molecular complexity index is 1760. The molecule has 2 fully saturated rings. The van der Waals surface area contributed by atoms with Gasteiger partial charge in [0.05, 0.1) is 12.0 Å². The number of amides is 4. The molecular formula is C23H26N8O12S2. The van der Waals surface area contributed by atoms with Gasteiger partial charge >= 0.3 is 16.3 Å². The largest absolute Gasteiger partial charge is 0.503 e. The minimum Gasteiger partial charge on any atom is -0.503 e. The monoisotopic (exact) mass is 670 g/mol. The average molecular weight is 671 g/mol. The molecule has 45 heavy (non-hydrogen) atoms. The van der Waals surface area contributed by atoms with Crippen molar-refractivity contribution in [3.05, 3.63) is 39.3 Å². The number of likely N-dealkylation sites (tertiary alicyclic amines) is 1. The Labute approximate surface area is 256 Å². The molecular weight excluding hydrogens is 644 g/mol. The number of aromatic hydroxyl groups is 1. The van der Waals surface area contributed by atoms with Crippen LogP contribution in [0.1, 0.15) is 30.0 Å². The molecule has 2 unspecified atom stereocenters. The standard InChI is InChI=1S/C23H26N8O12S2/c1-23(2,21(38)39)43-29-15(11-8-44-22(24)27-11)18(35)28-16-12(31(20(16)37)45(40,41)42)4-26-17(34)9-6-30(7-9)19(36)10-3-13(32)14(33)5-25-10/h3,5,8-9,12,16,33H,4,6-7H2,1-2H3,(H2,24,27)(H,25,32)(H,26,34)(H,28,35)(H,38,39)(H,40,41,42)/b29-15-. The SMILES string of the molecule is CC(C)(O/N=C(\C(=O)NC1C(=O)N(S(=O)(=O)O)C1CNC(=O)C1CN(C(=O)c2cc(=O)c(O)c[nH]2)C1)c1csc(N)n1)C(=O)O. The van der Waals surface area contributed by atoms with E-state index in [4.69, 9.17) is 10.6 Å². The number of pyridine rings is 1. The summed E-state index contributed by atoms with van der Waals surface area (Å²) in [4.78, 5) is 86.6. The number of rotatable bonds is 11. The second kappa shape index (κ2) is 12.1. The second-order valence-corrected chi connectivity index (χ2v) is 12.5. The van der Waals surface area contributed by atoms with Crippen molar-refractivity contribution in [2.75, 3.05) is 25.4 Å². The van der Waals surface area contributed by atoms with E-state index < -0.39 is 86.9 Å². The molecule has 0 radical (unpaired) electrons. The first-order chi connectivity index (χ1) is 20.9. The molecule has 0 bridgehead atoms. The van der Waals surface area contributed by atoms with Gasteiger partial charge in [0.1, 0.15) is 17.4 Å². The number of carboxylic acid groups (broad SMARTS) is 1. The van der Waals surface area contributed by atoms with Crippen molar-refractivity contribution in [3.63, 3.8) is 0 Å². The molecule has 2 atom stereocenters. The first-order valence-corrected chi connectivity index (χ1v) is 15.0. The number of carboxylic acids is 1. The van der Waals surface area contributed by atoms with Crippen molar-refractivity contribution < 1.29 is 52.0 Å². The quantitative estimate of drug-likeness (QED) is 0.0546. The fraction of sp³-hybridized carbons (Fsp3) is 0.391. The number of carbonyl (C=O) groups excluding carboxylic acids is 4. The Balaban J connectivity index is 1.43. The number of hydrogen-bond acceptors (Lipinski definition) is 14. The Hall–Kier alpha value is -5.09. The zero-order valence-corrected chi connectivity index (χ0v) is 24.9. The maximum Gasteiger partial charge on any atom is 0.362 e. The van der Waals surface area contributed by atoms with E-state index >= 15 is 0 Å². The first kappa shape index (κ1) is 32.8. The van der Waals surface area contributed by atoms with E-state index in [1.165, 1.54) is 10.3 Å². The normalized spacial score (nSPS) is 18.9. The predicted octanol–water partition coefficient (Wildman–Crippen LogP) is -2.91. The zero-order chi connectivity index (χ0) is 33.4. The maximum atomic E-state index is 13.2. The molecule has 242 valence electrons. The molecule has 2 aliphatic heterocycles. The molecule has 22 heteroatoms. The first-order valence-electron chi connectivity index (χ1n) is 12.7. The van der Waals surface area contributed by atoms with E-state index in [9.17, 15) is 52.0 Å². The predicted molar refractivity (Wildman–Crippen MR) is 151 cm³/mol. The van der Waals surface area contributed by atoms with Crippen LogP contribution >= 0.6 is 11.3 Å². The van der Waals surface area contributed by atoms with Crippen LogP contribution in [-0.2, 0) is 34.3 Å². The summed E-state index contributed by atoms with van der Waals surface area (Å²) in [6.45, 7) is 1.57. The molecule has 8 N–H and O–H groups in total. The zero-order valence-electron chi connectivity index (χ0n) is 23.3. The van der Waals surface area contributed by atoms with E-state index in [0.717, 1.165) is 37.4 Å². The van der Waals surface area contributed by atoms with Crippen LogP contribution in [0.15, 0.2) is 27.6 Å². The topological polar surface area (TPSA) is 304 Å². The Kier molecular flexibility index (Phi) is 8.84. The molecule has 4 amide bonds. The van der Waals surface area contributed by atoms with Crippen molar-refractivity contribution in [1.29, 1.82) is 0 Å². The van der Waals surface area contributed by atoms with Gasteiger partial charge in [0.25, 0.3) is 17.7 Å². The van der Waals surface area contributed by atoms with Crippen molar-refractivity contribution in [1.82, 2.24) is 29.8 Å². The summed E-state index contributed by atoms with van der Waals surface area (Å²) in [7, 11) is -5.12. The lowest BCUT2D eigenvalue weighted by molar-refractivity contribution is -0.161. The van der Waals surface area contributed by atoms with Crippen LogP contribution in [0.3, 0.4) is 0 Å². The maximum absolute atomic E-state index is 13.2. The van der Waals surface area contributed by atoms with Crippen LogP contribution < -0.4 is 21.8 Å². The molecule has 4 heterocycles. The van der Waals surface area contributed by atoms with Crippen molar-refractivity contribution in [2.45, 2.75) is 31.5 Å². The van der Waals surface area contributed by atoms with Crippen LogP contribution in [0.4, 0.5) is 5.13 Å². The number of oxime groups is 1. The van der Waals surface area contributed by atoms with E-state index in [-0.39, 0.29) is 33.9 Å². The summed E-state index contributed by atoms with van der Waals surface area (Å²) < 4.78 is 33.4. The molecule has 0 aliphatic carbocycles. The van der Waals surface area contributed by atoms with Crippen molar-refractivity contribution in [3.8, 4) is 5.75 Å². The molecule has 0 saturated carbocycles. The highest BCUT2D eigenvalue weighted by Crippen LogP contribution is 2.25. The van der Waals surface area contributed by atoms with Gasteiger partial charge in [0, 0.05) is 37.3 Å². The summed E-state index contributed by atoms with van der Waals surface area (Å²) >= 11 is 0.905. The smallest absolute Gasteiger partial charge is 0.362 e. The molecule has 0 aromatic carbocycles. The number of nitrogen functional groups attached to an aromatic ring is 1. The lowest BCUT2D eigenvalue weighted by Crippen LogP contribution is -2.75. The third kappa shape index (κ3) is 6.86. The highest BCUT2D eigenvalue weighted by atomic mass is 32.2. The number of aromatic amines is 1. The summed E-state index contributed by atoms with van der Waals surface area (Å²) in [5.74, 6) is -6.43. The molecule has 0 spiro atoms. The van der Waals surface area contributed by atoms with E-state index in [1.54, 1.807) is 0 Å². The van der Waals surface area contributed by atoms with Crippen molar-refractivity contribution in [2.24, 2.45) is 11.1 Å². The van der Waals surface area contributed by atoms with Gasteiger partial charge < -0.3 is 41.3 Å².